The molecule has 0 saturated heterocycles. The lowest BCUT2D eigenvalue weighted by Gasteiger charge is -2.08. The van der Waals surface area contributed by atoms with E-state index in [-0.39, 0.29) is 11.8 Å². The Morgan fingerprint density at radius 2 is 1.85 bits per heavy atom. The Morgan fingerprint density at radius 3 is 2.31 bits per heavy atom. The molecule has 0 unspecified atom stereocenters. The van der Waals surface area contributed by atoms with E-state index in [9.17, 15) is 9.59 Å². The van der Waals surface area contributed by atoms with E-state index in [0.717, 1.165) is 0 Å². The topological polar surface area (TPSA) is 58.2 Å². The highest BCUT2D eigenvalue weighted by Crippen LogP contribution is 1.86. The zero-order valence-electron chi connectivity index (χ0n) is 8.52. The monoisotopic (exact) mass is 186 g/mol. The van der Waals surface area contributed by atoms with E-state index in [4.69, 9.17) is 0 Å². The minimum absolute atomic E-state index is 0.0872. The molecule has 2 N–H and O–H groups in total. The first-order chi connectivity index (χ1) is 6.02. The molecule has 0 fully saturated rings. The molecule has 13 heavy (non-hydrogen) atoms. The van der Waals surface area contributed by atoms with Gasteiger partial charge in [-0.2, -0.15) is 0 Å². The van der Waals surface area contributed by atoms with Gasteiger partial charge < -0.3 is 10.6 Å². The van der Waals surface area contributed by atoms with Gasteiger partial charge in [-0.3, -0.25) is 4.79 Å². The SMILES string of the molecule is CC(=O)CCNC(=O)NCC(C)C. The molecule has 4 nitrogen and oxygen atoms in total. The van der Waals surface area contributed by atoms with Gasteiger partial charge >= 0.3 is 6.03 Å². The molecule has 0 aliphatic rings. The van der Waals surface area contributed by atoms with Crippen LogP contribution in [0.25, 0.3) is 0 Å². The van der Waals surface area contributed by atoms with Crippen LogP contribution < -0.4 is 10.6 Å². The molecule has 0 bridgehead atoms. The van der Waals surface area contributed by atoms with Crippen LogP contribution in [-0.4, -0.2) is 24.9 Å². The van der Waals surface area contributed by atoms with Gasteiger partial charge in [-0.05, 0) is 12.8 Å². The summed E-state index contributed by atoms with van der Waals surface area (Å²) in [5.74, 6) is 0.530. The van der Waals surface area contributed by atoms with Crippen LogP contribution in [0.3, 0.4) is 0 Å². The van der Waals surface area contributed by atoms with Gasteiger partial charge in [-0.25, -0.2) is 4.79 Å². The minimum atomic E-state index is -0.199. The van der Waals surface area contributed by atoms with E-state index in [1.54, 1.807) is 0 Å². The van der Waals surface area contributed by atoms with Gasteiger partial charge in [0.15, 0.2) is 0 Å². The summed E-state index contributed by atoms with van der Waals surface area (Å²) in [6, 6.07) is -0.199. The number of rotatable bonds is 5. The van der Waals surface area contributed by atoms with Crippen LogP contribution in [0.1, 0.15) is 27.2 Å². The molecule has 0 aliphatic heterocycles. The Kier molecular flexibility index (Phi) is 5.93. The number of ketones is 1. The maximum Gasteiger partial charge on any atom is 0.314 e. The molecule has 0 aromatic heterocycles. The Bertz CT molecular complexity index is 178. The minimum Gasteiger partial charge on any atom is -0.338 e. The van der Waals surface area contributed by atoms with E-state index in [2.05, 4.69) is 10.6 Å². The average molecular weight is 186 g/mol. The Balaban J connectivity index is 3.35. The van der Waals surface area contributed by atoms with Crippen LogP contribution in [-0.2, 0) is 4.79 Å². The number of carbonyl (C=O) groups excluding carboxylic acids is 2. The Hall–Kier alpha value is -1.06. The van der Waals surface area contributed by atoms with E-state index in [1.807, 2.05) is 13.8 Å². The maximum absolute atomic E-state index is 11.0. The fourth-order valence-corrected chi connectivity index (χ4v) is 0.711. The van der Waals surface area contributed by atoms with Gasteiger partial charge in [0, 0.05) is 19.5 Å². The molecule has 0 aromatic rings. The summed E-state index contributed by atoms with van der Waals surface area (Å²) in [7, 11) is 0. The number of hydrogen-bond donors (Lipinski definition) is 2. The summed E-state index contributed by atoms with van der Waals surface area (Å²) in [5.41, 5.74) is 0. The zero-order chi connectivity index (χ0) is 10.3. The smallest absolute Gasteiger partial charge is 0.314 e. The van der Waals surface area contributed by atoms with Crippen molar-refractivity contribution in [2.45, 2.75) is 27.2 Å². The Morgan fingerprint density at radius 1 is 1.23 bits per heavy atom. The predicted molar refractivity (Wildman–Crippen MR) is 51.5 cm³/mol. The molecule has 76 valence electrons. The molecule has 4 heteroatoms. The van der Waals surface area contributed by atoms with Crippen molar-refractivity contribution in [2.75, 3.05) is 13.1 Å². The Labute approximate surface area is 79.1 Å². The summed E-state index contributed by atoms with van der Waals surface area (Å²) in [5, 5.41) is 5.29. The first-order valence-electron chi connectivity index (χ1n) is 4.53. The molecule has 0 aromatic carbocycles. The summed E-state index contributed by atoms with van der Waals surface area (Å²) in [6.45, 7) is 6.63. The van der Waals surface area contributed by atoms with Crippen LogP contribution >= 0.6 is 0 Å². The van der Waals surface area contributed by atoms with E-state index >= 15 is 0 Å². The lowest BCUT2D eigenvalue weighted by atomic mass is 10.2. The number of Topliss-reactive ketones (excluding diaryl/α,β-unsaturated/α-hetero) is 1. The standard InChI is InChI=1S/C9H18N2O2/c1-7(2)6-11-9(13)10-5-4-8(3)12/h7H,4-6H2,1-3H3,(H2,10,11,13). The largest absolute Gasteiger partial charge is 0.338 e. The van der Waals surface area contributed by atoms with Crippen molar-refractivity contribution in [2.24, 2.45) is 5.92 Å². The first-order valence-corrected chi connectivity index (χ1v) is 4.53. The molecule has 0 rings (SSSR count). The van der Waals surface area contributed by atoms with Gasteiger partial charge in [-0.1, -0.05) is 13.8 Å². The van der Waals surface area contributed by atoms with Crippen LogP contribution in [0.2, 0.25) is 0 Å². The van der Waals surface area contributed by atoms with Crippen molar-refractivity contribution in [3.63, 3.8) is 0 Å². The van der Waals surface area contributed by atoms with Gasteiger partial charge in [0.25, 0.3) is 0 Å². The molecule has 0 spiro atoms. The summed E-state index contributed by atoms with van der Waals surface area (Å²) >= 11 is 0. The lowest BCUT2D eigenvalue weighted by Crippen LogP contribution is -2.38. The van der Waals surface area contributed by atoms with Crippen LogP contribution in [0.15, 0.2) is 0 Å². The van der Waals surface area contributed by atoms with Gasteiger partial charge in [0.2, 0.25) is 0 Å². The summed E-state index contributed by atoms with van der Waals surface area (Å²) < 4.78 is 0. The zero-order valence-corrected chi connectivity index (χ0v) is 8.52. The molecular weight excluding hydrogens is 168 g/mol. The van der Waals surface area contributed by atoms with E-state index < -0.39 is 0 Å². The predicted octanol–water partition coefficient (Wildman–Crippen LogP) is 0.921. The number of nitrogens with one attached hydrogen (secondary N) is 2. The third-order valence-corrected chi connectivity index (χ3v) is 1.43. The second kappa shape index (κ2) is 6.46. The number of hydrogen-bond acceptors (Lipinski definition) is 2. The van der Waals surface area contributed by atoms with Crippen LogP contribution in [0, 0.1) is 5.92 Å². The number of carbonyl (C=O) groups is 2. The van der Waals surface area contributed by atoms with Crippen molar-refractivity contribution in [3.8, 4) is 0 Å². The lowest BCUT2D eigenvalue weighted by molar-refractivity contribution is -0.116. The van der Waals surface area contributed by atoms with Gasteiger partial charge in [-0.15, -0.1) is 0 Å². The van der Waals surface area contributed by atoms with Crippen molar-refractivity contribution in [1.82, 2.24) is 10.6 Å². The third kappa shape index (κ3) is 8.85. The molecule has 2 amide bonds. The second-order valence-corrected chi connectivity index (χ2v) is 3.48. The summed E-state index contributed by atoms with van der Waals surface area (Å²) in [6.07, 6.45) is 0.398. The fraction of sp³-hybridized carbons (Fsp3) is 0.778. The molecular formula is C9H18N2O2. The quantitative estimate of drug-likeness (QED) is 0.670. The average Bonchev–Trinajstić information content (AvgIpc) is 2.00. The van der Waals surface area contributed by atoms with Crippen molar-refractivity contribution < 1.29 is 9.59 Å². The highest BCUT2D eigenvalue weighted by Gasteiger charge is 2.00. The van der Waals surface area contributed by atoms with Crippen LogP contribution in [0.5, 0.6) is 0 Å². The molecule has 0 radical (unpaired) electrons. The molecule has 0 saturated carbocycles. The van der Waals surface area contributed by atoms with Crippen molar-refractivity contribution in [1.29, 1.82) is 0 Å². The van der Waals surface area contributed by atoms with Crippen LogP contribution in [0.4, 0.5) is 4.79 Å². The van der Waals surface area contributed by atoms with Gasteiger partial charge in [0.05, 0.1) is 0 Å². The van der Waals surface area contributed by atoms with Crippen molar-refractivity contribution >= 4 is 11.8 Å². The highest BCUT2D eigenvalue weighted by atomic mass is 16.2. The number of urea groups is 1. The highest BCUT2D eigenvalue weighted by molar-refractivity contribution is 5.77. The summed E-state index contributed by atoms with van der Waals surface area (Å²) in [4.78, 5) is 21.5. The van der Waals surface area contributed by atoms with E-state index in [0.29, 0.717) is 25.4 Å². The first kappa shape index (κ1) is 11.9. The normalized spacial score (nSPS) is 9.85. The second-order valence-electron chi connectivity index (χ2n) is 3.48. The fourth-order valence-electron chi connectivity index (χ4n) is 0.711. The third-order valence-electron chi connectivity index (χ3n) is 1.43. The van der Waals surface area contributed by atoms with E-state index in [1.165, 1.54) is 6.92 Å². The number of amides is 2. The van der Waals surface area contributed by atoms with Crippen molar-refractivity contribution in [3.05, 3.63) is 0 Å². The molecule has 0 heterocycles. The van der Waals surface area contributed by atoms with Gasteiger partial charge in [0.1, 0.15) is 5.78 Å². The maximum atomic E-state index is 11.0. The molecule has 0 aliphatic carbocycles. The molecule has 0 atom stereocenters.